The van der Waals surface area contributed by atoms with Crippen LogP contribution in [0.3, 0.4) is 0 Å². The van der Waals surface area contributed by atoms with Crippen LogP contribution in [0.25, 0.3) is 0 Å². The van der Waals surface area contributed by atoms with E-state index < -0.39 is 6.10 Å². The summed E-state index contributed by atoms with van der Waals surface area (Å²) in [6.45, 7) is 7.25. The van der Waals surface area contributed by atoms with E-state index in [0.29, 0.717) is 25.3 Å². The van der Waals surface area contributed by atoms with E-state index in [1.807, 2.05) is 32.9 Å². The molecule has 0 amide bonds. The quantitative estimate of drug-likeness (QED) is 0.517. The maximum Gasteiger partial charge on any atom is 0.135 e. The number of ether oxygens (including phenoxy) is 1. The number of fused-ring (bicyclic) bond motifs is 1. The number of quaternary nitrogens is 1. The van der Waals surface area contributed by atoms with Gasteiger partial charge in [-0.15, -0.1) is 0 Å². The van der Waals surface area contributed by atoms with E-state index in [9.17, 15) is 10.3 Å². The van der Waals surface area contributed by atoms with E-state index in [1.165, 1.54) is 0 Å². The molecule has 6 nitrogen and oxygen atoms in total. The Kier molecular flexibility index (Phi) is 6.00. The van der Waals surface area contributed by atoms with Gasteiger partial charge in [0.15, 0.2) is 0 Å². The smallest absolute Gasteiger partial charge is 0.135 e. The first-order valence-electron chi connectivity index (χ1n) is 8.16. The highest BCUT2D eigenvalue weighted by Crippen LogP contribution is 2.29. The number of benzene rings is 1. The van der Waals surface area contributed by atoms with Crippen LogP contribution in [-0.4, -0.2) is 48.2 Å². The zero-order chi connectivity index (χ0) is 17.0. The molecule has 6 heteroatoms. The third kappa shape index (κ3) is 4.89. The van der Waals surface area contributed by atoms with Gasteiger partial charge in [0.1, 0.15) is 24.1 Å². The Bertz CT molecular complexity index is 521. The molecule has 2 rings (SSSR count). The minimum absolute atomic E-state index is 0.110. The molecule has 1 aromatic carbocycles. The third-order valence-corrected chi connectivity index (χ3v) is 4.34. The molecule has 0 aromatic heterocycles. The number of hydrogen-bond acceptors (Lipinski definition) is 5. The fourth-order valence-corrected chi connectivity index (χ4v) is 2.80. The number of aliphatic hydroxyl groups excluding tert-OH is 2. The molecule has 1 heterocycles. The first-order chi connectivity index (χ1) is 10.8. The van der Waals surface area contributed by atoms with Crippen LogP contribution in [-0.2, 0) is 0 Å². The van der Waals surface area contributed by atoms with Gasteiger partial charge in [0.2, 0.25) is 0 Å². The second-order valence-corrected chi connectivity index (χ2v) is 6.98. The van der Waals surface area contributed by atoms with Gasteiger partial charge < -0.3 is 30.5 Å². The van der Waals surface area contributed by atoms with E-state index in [1.54, 1.807) is 6.07 Å². The maximum atomic E-state index is 11.8. The van der Waals surface area contributed by atoms with Gasteiger partial charge in [-0.3, -0.25) is 0 Å². The highest BCUT2D eigenvalue weighted by molar-refractivity contribution is 5.49. The molecule has 0 saturated carbocycles. The normalized spacial score (nSPS) is 22.0. The zero-order valence-electron chi connectivity index (χ0n) is 14.1. The van der Waals surface area contributed by atoms with Crippen molar-refractivity contribution in [2.75, 3.05) is 26.3 Å². The topological polar surface area (TPSA) is 89.2 Å². The van der Waals surface area contributed by atoms with Gasteiger partial charge in [-0.1, -0.05) is 6.92 Å². The third-order valence-electron chi connectivity index (χ3n) is 4.34. The van der Waals surface area contributed by atoms with Gasteiger partial charge in [0.05, 0.1) is 6.54 Å². The van der Waals surface area contributed by atoms with Gasteiger partial charge in [-0.25, -0.2) is 0 Å². The van der Waals surface area contributed by atoms with Crippen LogP contribution >= 0.6 is 0 Å². The first-order valence-corrected chi connectivity index (χ1v) is 8.16. The van der Waals surface area contributed by atoms with E-state index >= 15 is 0 Å². The summed E-state index contributed by atoms with van der Waals surface area (Å²) in [6.07, 6.45) is -0.0163. The average molecular weight is 324 g/mol. The molecule has 1 aliphatic heterocycles. The van der Waals surface area contributed by atoms with Crippen molar-refractivity contribution in [3.63, 3.8) is 0 Å². The Morgan fingerprint density at radius 1 is 1.48 bits per heavy atom. The molecule has 23 heavy (non-hydrogen) atoms. The minimum Gasteiger partial charge on any atom is -0.629 e. The molecule has 0 radical (unpaired) electrons. The van der Waals surface area contributed by atoms with Gasteiger partial charge in [0, 0.05) is 36.2 Å². The Hall–Kier alpha value is -1.18. The molecule has 3 unspecified atom stereocenters. The fourth-order valence-electron chi connectivity index (χ4n) is 2.80. The Morgan fingerprint density at radius 2 is 2.22 bits per heavy atom. The molecule has 0 saturated heterocycles. The standard InChI is InChI=1S/C17H28N2O4/c1-12-10-19(22)16-5-4-14(8-15(12)16)23-11-13(21)9-18-17(2,3)6-7-20/h4-5,8,12-13,18-21H,6-7,9-11H2,1-3H3. The zero-order valence-corrected chi connectivity index (χ0v) is 14.1. The molecular weight excluding hydrogens is 296 g/mol. The molecule has 4 N–H and O–H groups in total. The summed E-state index contributed by atoms with van der Waals surface area (Å²) in [7, 11) is 0. The fraction of sp³-hybridized carbons (Fsp3) is 0.647. The SMILES string of the molecule is CC1C[NH+]([O-])c2ccc(OCC(O)CNC(C)(C)CCO)cc21. The Morgan fingerprint density at radius 3 is 2.91 bits per heavy atom. The van der Waals surface area contributed by atoms with Crippen LogP contribution in [0.2, 0.25) is 0 Å². The van der Waals surface area contributed by atoms with Gasteiger partial charge in [-0.05, 0) is 32.4 Å². The maximum absolute atomic E-state index is 11.8. The van der Waals surface area contributed by atoms with Crippen molar-refractivity contribution in [2.24, 2.45) is 0 Å². The monoisotopic (exact) mass is 324 g/mol. The second kappa shape index (κ2) is 7.59. The van der Waals surface area contributed by atoms with Crippen LogP contribution in [0.5, 0.6) is 5.75 Å². The summed E-state index contributed by atoms with van der Waals surface area (Å²) in [5, 5.41) is 34.2. The molecule has 0 fully saturated rings. The molecule has 1 aromatic rings. The summed E-state index contributed by atoms with van der Waals surface area (Å²) in [4.78, 5) is 0. The molecular formula is C17H28N2O4. The molecule has 1 aliphatic rings. The number of hydroxylamine groups is 1. The summed E-state index contributed by atoms with van der Waals surface area (Å²) >= 11 is 0. The average Bonchev–Trinajstić information content (AvgIpc) is 2.78. The summed E-state index contributed by atoms with van der Waals surface area (Å²) in [6, 6.07) is 5.50. The predicted octanol–water partition coefficient (Wildman–Crippen LogP) is 0.308. The lowest BCUT2D eigenvalue weighted by Crippen LogP contribution is -3.00. The summed E-state index contributed by atoms with van der Waals surface area (Å²) in [5.74, 6) is 0.908. The van der Waals surface area contributed by atoms with Crippen molar-refractivity contribution < 1.29 is 20.0 Å². The van der Waals surface area contributed by atoms with Gasteiger partial charge >= 0.3 is 0 Å². The molecule has 130 valence electrons. The van der Waals surface area contributed by atoms with Crippen LogP contribution in [0, 0.1) is 5.21 Å². The van der Waals surface area contributed by atoms with Crippen LogP contribution in [0.15, 0.2) is 18.2 Å². The molecule has 0 bridgehead atoms. The Balaban J connectivity index is 1.83. The van der Waals surface area contributed by atoms with E-state index in [2.05, 4.69) is 5.32 Å². The van der Waals surface area contributed by atoms with Crippen molar-refractivity contribution in [3.05, 3.63) is 29.0 Å². The van der Waals surface area contributed by atoms with E-state index in [4.69, 9.17) is 9.84 Å². The van der Waals surface area contributed by atoms with Gasteiger partial charge in [-0.2, -0.15) is 0 Å². The number of β-amino-alcohol motifs (C(OH)–C–C–N with tert-alkyl or cyclic N) is 1. The molecule has 3 atom stereocenters. The highest BCUT2D eigenvalue weighted by atomic mass is 16.5. The summed E-state index contributed by atoms with van der Waals surface area (Å²) in [5.41, 5.74) is 1.60. The lowest BCUT2D eigenvalue weighted by atomic mass is 10.0. The van der Waals surface area contributed by atoms with E-state index in [0.717, 1.165) is 11.3 Å². The number of aliphatic hydroxyl groups is 2. The number of hydrogen-bond donors (Lipinski definition) is 4. The summed E-state index contributed by atoms with van der Waals surface area (Å²) < 4.78 is 5.65. The van der Waals surface area contributed by atoms with Crippen LogP contribution in [0.1, 0.15) is 38.7 Å². The first kappa shape index (κ1) is 18.2. The number of nitrogens with one attached hydrogen (secondary N) is 2. The second-order valence-electron chi connectivity index (χ2n) is 6.98. The largest absolute Gasteiger partial charge is 0.629 e. The highest BCUT2D eigenvalue weighted by Gasteiger charge is 2.26. The van der Waals surface area contributed by atoms with Crippen molar-refractivity contribution in [1.82, 2.24) is 5.32 Å². The molecule has 0 spiro atoms. The number of rotatable bonds is 8. The van der Waals surface area contributed by atoms with Crippen LogP contribution in [0.4, 0.5) is 5.69 Å². The predicted molar refractivity (Wildman–Crippen MR) is 89.0 cm³/mol. The molecule has 0 aliphatic carbocycles. The minimum atomic E-state index is -0.639. The van der Waals surface area contributed by atoms with Crippen molar-refractivity contribution >= 4 is 5.69 Å². The van der Waals surface area contributed by atoms with Crippen LogP contribution < -0.4 is 15.1 Å². The lowest BCUT2D eigenvalue weighted by molar-refractivity contribution is -0.770. The van der Waals surface area contributed by atoms with E-state index in [-0.39, 0.29) is 29.7 Å². The van der Waals surface area contributed by atoms with Crippen molar-refractivity contribution in [3.8, 4) is 5.75 Å². The Labute approximate surface area is 137 Å². The van der Waals surface area contributed by atoms with Crippen molar-refractivity contribution in [2.45, 2.75) is 44.8 Å². The van der Waals surface area contributed by atoms with Crippen molar-refractivity contribution in [1.29, 1.82) is 0 Å². The lowest BCUT2D eigenvalue weighted by Gasteiger charge is -2.27. The van der Waals surface area contributed by atoms with Gasteiger partial charge in [0.25, 0.3) is 0 Å².